The fraction of sp³-hybridized carbons (Fsp3) is 0.412. The molecule has 0 bridgehead atoms. The second-order valence-electron chi connectivity index (χ2n) is 4.13. The normalized spacial score (nSPS) is 11.1. The standard InChI is InChI=1S/C17H20O/c1-3-5-7-12-17(18-15-4-2)14-13-16-10-8-6-9-11-16/h2,6,8-11,17H,3,5,7,12,15H2,1H3. The van der Waals surface area contributed by atoms with Crippen molar-refractivity contribution in [2.45, 2.75) is 38.7 Å². The topological polar surface area (TPSA) is 9.23 Å². The number of unbranched alkanes of at least 4 members (excludes halogenated alkanes) is 2. The molecule has 1 nitrogen and oxygen atoms in total. The van der Waals surface area contributed by atoms with Crippen LogP contribution in [0.2, 0.25) is 0 Å². The molecular weight excluding hydrogens is 220 g/mol. The van der Waals surface area contributed by atoms with E-state index < -0.39 is 0 Å². The zero-order chi connectivity index (χ0) is 13.1. The SMILES string of the molecule is C#CCOC(C#Cc1ccccc1)CCCCC. The summed E-state index contributed by atoms with van der Waals surface area (Å²) in [6.45, 7) is 2.52. The van der Waals surface area contributed by atoms with E-state index in [1.165, 1.54) is 12.8 Å². The van der Waals surface area contributed by atoms with Gasteiger partial charge >= 0.3 is 0 Å². The molecule has 0 aliphatic heterocycles. The van der Waals surface area contributed by atoms with Crippen molar-refractivity contribution in [1.82, 2.24) is 0 Å². The van der Waals surface area contributed by atoms with E-state index >= 15 is 0 Å². The van der Waals surface area contributed by atoms with Crippen LogP contribution in [-0.2, 0) is 4.74 Å². The zero-order valence-electron chi connectivity index (χ0n) is 11.0. The third kappa shape index (κ3) is 6.14. The summed E-state index contributed by atoms with van der Waals surface area (Å²) >= 11 is 0. The Labute approximate surface area is 111 Å². The van der Waals surface area contributed by atoms with E-state index in [4.69, 9.17) is 11.2 Å². The van der Waals surface area contributed by atoms with Crippen LogP contribution in [0, 0.1) is 24.2 Å². The predicted octanol–water partition coefficient (Wildman–Crippen LogP) is 3.64. The van der Waals surface area contributed by atoms with Crippen LogP contribution in [0.4, 0.5) is 0 Å². The molecule has 1 unspecified atom stereocenters. The Kier molecular flexibility index (Phi) is 7.45. The fourth-order valence-corrected chi connectivity index (χ4v) is 1.61. The predicted molar refractivity (Wildman–Crippen MR) is 76.0 cm³/mol. The van der Waals surface area contributed by atoms with E-state index in [9.17, 15) is 0 Å². The van der Waals surface area contributed by atoms with Gasteiger partial charge in [0.25, 0.3) is 0 Å². The molecule has 0 fully saturated rings. The van der Waals surface area contributed by atoms with Gasteiger partial charge in [0.2, 0.25) is 0 Å². The Morgan fingerprint density at radius 2 is 2.00 bits per heavy atom. The van der Waals surface area contributed by atoms with Crippen molar-refractivity contribution in [2.75, 3.05) is 6.61 Å². The minimum absolute atomic E-state index is 0.0483. The molecule has 1 heteroatoms. The molecule has 1 aromatic rings. The number of hydrogen-bond donors (Lipinski definition) is 0. The lowest BCUT2D eigenvalue weighted by molar-refractivity contribution is 0.111. The van der Waals surface area contributed by atoms with Crippen molar-refractivity contribution >= 4 is 0 Å². The molecule has 0 amide bonds. The summed E-state index contributed by atoms with van der Waals surface area (Å²) in [5.41, 5.74) is 1.02. The van der Waals surface area contributed by atoms with E-state index in [0.717, 1.165) is 18.4 Å². The molecule has 0 radical (unpaired) electrons. The van der Waals surface area contributed by atoms with Gasteiger partial charge in [-0.2, -0.15) is 0 Å². The highest BCUT2D eigenvalue weighted by Crippen LogP contribution is 2.06. The first-order valence-electron chi connectivity index (χ1n) is 6.48. The zero-order valence-corrected chi connectivity index (χ0v) is 11.0. The van der Waals surface area contributed by atoms with Crippen LogP contribution in [0.25, 0.3) is 0 Å². The number of terminal acetylenes is 1. The maximum atomic E-state index is 5.55. The summed E-state index contributed by atoms with van der Waals surface area (Å²) in [7, 11) is 0. The van der Waals surface area contributed by atoms with E-state index in [-0.39, 0.29) is 6.10 Å². The summed E-state index contributed by atoms with van der Waals surface area (Å²) in [6, 6.07) is 9.95. The number of hydrogen-bond acceptors (Lipinski definition) is 1. The Hall–Kier alpha value is -1.70. The quantitative estimate of drug-likeness (QED) is 0.545. The molecule has 18 heavy (non-hydrogen) atoms. The molecule has 0 saturated carbocycles. The number of ether oxygens (including phenoxy) is 1. The summed E-state index contributed by atoms with van der Waals surface area (Å²) in [5, 5.41) is 0. The summed E-state index contributed by atoms with van der Waals surface area (Å²) in [4.78, 5) is 0. The van der Waals surface area contributed by atoms with Crippen molar-refractivity contribution in [3.05, 3.63) is 35.9 Å². The summed E-state index contributed by atoms with van der Waals surface area (Å²) in [6.07, 6.45) is 9.67. The van der Waals surface area contributed by atoms with Crippen molar-refractivity contribution in [3.63, 3.8) is 0 Å². The highest BCUT2D eigenvalue weighted by Gasteiger charge is 2.03. The van der Waals surface area contributed by atoms with E-state index in [1.807, 2.05) is 30.3 Å². The smallest absolute Gasteiger partial charge is 0.119 e. The molecule has 1 aromatic carbocycles. The number of benzene rings is 1. The molecule has 0 aliphatic rings. The second-order valence-corrected chi connectivity index (χ2v) is 4.13. The molecule has 0 heterocycles. The van der Waals surface area contributed by atoms with Gasteiger partial charge in [0.15, 0.2) is 0 Å². The van der Waals surface area contributed by atoms with Crippen molar-refractivity contribution in [1.29, 1.82) is 0 Å². The van der Waals surface area contributed by atoms with E-state index in [1.54, 1.807) is 0 Å². The highest BCUT2D eigenvalue weighted by molar-refractivity contribution is 5.34. The Morgan fingerprint density at radius 1 is 1.22 bits per heavy atom. The minimum atomic E-state index is -0.0483. The largest absolute Gasteiger partial charge is 0.353 e. The van der Waals surface area contributed by atoms with Gasteiger partial charge in [0, 0.05) is 5.56 Å². The van der Waals surface area contributed by atoms with Crippen molar-refractivity contribution in [3.8, 4) is 24.2 Å². The third-order valence-corrected chi connectivity index (χ3v) is 2.59. The van der Waals surface area contributed by atoms with Crippen LogP contribution in [0.1, 0.15) is 38.2 Å². The Bertz CT molecular complexity index is 416. The van der Waals surface area contributed by atoms with Gasteiger partial charge in [-0.05, 0) is 25.0 Å². The van der Waals surface area contributed by atoms with Gasteiger partial charge in [-0.1, -0.05) is 55.7 Å². The van der Waals surface area contributed by atoms with Gasteiger partial charge in [-0.25, -0.2) is 0 Å². The molecule has 0 aliphatic carbocycles. The second kappa shape index (κ2) is 9.34. The lowest BCUT2D eigenvalue weighted by Crippen LogP contribution is -2.10. The van der Waals surface area contributed by atoms with Crippen LogP contribution >= 0.6 is 0 Å². The first-order chi connectivity index (χ1) is 8.86. The maximum Gasteiger partial charge on any atom is 0.119 e. The molecule has 0 N–H and O–H groups in total. The van der Waals surface area contributed by atoms with Crippen LogP contribution < -0.4 is 0 Å². The molecule has 0 aromatic heterocycles. The maximum absolute atomic E-state index is 5.55. The molecule has 94 valence electrons. The van der Waals surface area contributed by atoms with Gasteiger partial charge in [-0.15, -0.1) is 6.42 Å². The van der Waals surface area contributed by atoms with Crippen LogP contribution in [-0.4, -0.2) is 12.7 Å². The van der Waals surface area contributed by atoms with Crippen LogP contribution in [0.3, 0.4) is 0 Å². The van der Waals surface area contributed by atoms with Crippen LogP contribution in [0.5, 0.6) is 0 Å². The Balaban J connectivity index is 2.55. The lowest BCUT2D eigenvalue weighted by atomic mass is 10.1. The van der Waals surface area contributed by atoms with Gasteiger partial charge < -0.3 is 4.74 Å². The van der Waals surface area contributed by atoms with Gasteiger partial charge in [0.1, 0.15) is 12.7 Å². The van der Waals surface area contributed by atoms with Gasteiger partial charge in [0.05, 0.1) is 0 Å². The number of rotatable bonds is 6. The molecule has 0 spiro atoms. The lowest BCUT2D eigenvalue weighted by Gasteiger charge is -2.09. The fourth-order valence-electron chi connectivity index (χ4n) is 1.61. The van der Waals surface area contributed by atoms with Gasteiger partial charge in [-0.3, -0.25) is 0 Å². The first-order valence-corrected chi connectivity index (χ1v) is 6.48. The molecule has 1 atom stereocenters. The minimum Gasteiger partial charge on any atom is -0.353 e. The molecular formula is C17H20O. The monoisotopic (exact) mass is 240 g/mol. The summed E-state index contributed by atoms with van der Waals surface area (Å²) < 4.78 is 5.55. The molecule has 1 rings (SSSR count). The van der Waals surface area contributed by atoms with Crippen LogP contribution in [0.15, 0.2) is 30.3 Å². The molecule has 0 saturated heterocycles. The van der Waals surface area contributed by atoms with Crippen molar-refractivity contribution in [2.24, 2.45) is 0 Å². The van der Waals surface area contributed by atoms with E-state index in [2.05, 4.69) is 24.7 Å². The van der Waals surface area contributed by atoms with Crippen molar-refractivity contribution < 1.29 is 4.74 Å². The highest BCUT2D eigenvalue weighted by atomic mass is 16.5. The first kappa shape index (κ1) is 14.4. The Morgan fingerprint density at radius 3 is 2.67 bits per heavy atom. The third-order valence-electron chi connectivity index (χ3n) is 2.59. The summed E-state index contributed by atoms with van der Waals surface area (Å²) in [5.74, 6) is 8.80. The average Bonchev–Trinajstić information content (AvgIpc) is 2.42. The van der Waals surface area contributed by atoms with E-state index in [0.29, 0.717) is 6.61 Å². The average molecular weight is 240 g/mol.